The summed E-state index contributed by atoms with van der Waals surface area (Å²) < 4.78 is 14.6. The minimum atomic E-state index is -0.603. The summed E-state index contributed by atoms with van der Waals surface area (Å²) in [5.41, 5.74) is 0.115. The summed E-state index contributed by atoms with van der Waals surface area (Å²) in [6.07, 6.45) is 0. The Morgan fingerprint density at radius 2 is 2.06 bits per heavy atom. The SMILES string of the molecule is COCCOC(=O)c1ccc(OC)cc1OO. The van der Waals surface area contributed by atoms with Crippen LogP contribution in [0.5, 0.6) is 11.5 Å². The molecule has 1 aromatic rings. The number of hydrogen-bond donors (Lipinski definition) is 1. The van der Waals surface area contributed by atoms with Crippen molar-refractivity contribution in [2.24, 2.45) is 0 Å². The zero-order chi connectivity index (χ0) is 12.7. The largest absolute Gasteiger partial charge is 0.497 e. The van der Waals surface area contributed by atoms with Gasteiger partial charge < -0.3 is 19.1 Å². The number of esters is 1. The fraction of sp³-hybridized carbons (Fsp3) is 0.364. The van der Waals surface area contributed by atoms with Gasteiger partial charge in [-0.05, 0) is 12.1 Å². The molecule has 0 amide bonds. The first kappa shape index (κ1) is 13.3. The van der Waals surface area contributed by atoms with Crippen LogP contribution in [0.1, 0.15) is 10.4 Å². The van der Waals surface area contributed by atoms with Gasteiger partial charge in [0.15, 0.2) is 5.75 Å². The second-order valence-corrected chi connectivity index (χ2v) is 3.08. The smallest absolute Gasteiger partial charge is 0.342 e. The van der Waals surface area contributed by atoms with Gasteiger partial charge in [-0.25, -0.2) is 10.1 Å². The van der Waals surface area contributed by atoms with E-state index in [0.29, 0.717) is 12.4 Å². The van der Waals surface area contributed by atoms with Gasteiger partial charge in [0, 0.05) is 13.2 Å². The topological polar surface area (TPSA) is 74.2 Å². The molecule has 1 N–H and O–H groups in total. The Hall–Kier alpha value is -1.79. The number of methoxy groups -OCH3 is 2. The van der Waals surface area contributed by atoms with Gasteiger partial charge in [-0.3, -0.25) is 0 Å². The number of carbonyl (C=O) groups excluding carboxylic acids is 1. The minimum absolute atomic E-state index is 0.0215. The van der Waals surface area contributed by atoms with E-state index < -0.39 is 5.97 Å². The fourth-order valence-electron chi connectivity index (χ4n) is 1.17. The van der Waals surface area contributed by atoms with E-state index in [2.05, 4.69) is 4.89 Å². The van der Waals surface area contributed by atoms with Crippen LogP contribution in [0.3, 0.4) is 0 Å². The van der Waals surface area contributed by atoms with Crippen molar-refractivity contribution >= 4 is 5.97 Å². The molecule has 0 fully saturated rings. The second kappa shape index (κ2) is 6.72. The average Bonchev–Trinajstić information content (AvgIpc) is 2.38. The Morgan fingerprint density at radius 1 is 1.29 bits per heavy atom. The number of ether oxygens (including phenoxy) is 3. The molecule has 0 radical (unpaired) electrons. The van der Waals surface area contributed by atoms with E-state index in [1.54, 1.807) is 6.07 Å². The first-order valence-electron chi connectivity index (χ1n) is 4.88. The first-order chi connectivity index (χ1) is 8.22. The van der Waals surface area contributed by atoms with Gasteiger partial charge in [0.2, 0.25) is 0 Å². The normalized spacial score (nSPS) is 9.82. The Balaban J connectivity index is 2.78. The van der Waals surface area contributed by atoms with Gasteiger partial charge in [0.05, 0.1) is 13.7 Å². The molecule has 6 nitrogen and oxygen atoms in total. The molecule has 0 aliphatic heterocycles. The Morgan fingerprint density at radius 3 is 2.65 bits per heavy atom. The standard InChI is InChI=1S/C11H14O6/c1-14-5-6-16-11(12)9-4-3-8(15-2)7-10(9)17-13/h3-4,7,13H,5-6H2,1-2H3. The molecule has 6 heteroatoms. The lowest BCUT2D eigenvalue weighted by Gasteiger charge is -2.08. The van der Waals surface area contributed by atoms with Gasteiger partial charge in [-0.15, -0.1) is 0 Å². The predicted octanol–water partition coefficient (Wildman–Crippen LogP) is 1.35. The van der Waals surface area contributed by atoms with Crippen molar-refractivity contribution in [2.45, 2.75) is 0 Å². The third kappa shape index (κ3) is 3.61. The molecule has 0 heterocycles. The van der Waals surface area contributed by atoms with E-state index in [-0.39, 0.29) is 17.9 Å². The maximum absolute atomic E-state index is 11.6. The highest BCUT2D eigenvalue weighted by molar-refractivity contribution is 5.92. The molecule has 0 spiro atoms. The van der Waals surface area contributed by atoms with Crippen molar-refractivity contribution in [1.29, 1.82) is 0 Å². The molecule has 0 aliphatic carbocycles. The number of rotatable bonds is 6. The Kier molecular flexibility index (Phi) is 5.25. The van der Waals surface area contributed by atoms with Crippen molar-refractivity contribution in [3.8, 4) is 11.5 Å². The highest BCUT2D eigenvalue weighted by Gasteiger charge is 2.15. The minimum Gasteiger partial charge on any atom is -0.497 e. The van der Waals surface area contributed by atoms with Crippen molar-refractivity contribution in [3.63, 3.8) is 0 Å². The van der Waals surface area contributed by atoms with Gasteiger partial charge in [-0.2, -0.15) is 0 Å². The second-order valence-electron chi connectivity index (χ2n) is 3.08. The monoisotopic (exact) mass is 242 g/mol. The summed E-state index contributed by atoms with van der Waals surface area (Å²) in [4.78, 5) is 15.7. The lowest BCUT2D eigenvalue weighted by atomic mass is 10.2. The predicted molar refractivity (Wildman–Crippen MR) is 58.4 cm³/mol. The van der Waals surface area contributed by atoms with Gasteiger partial charge in [0.25, 0.3) is 0 Å². The zero-order valence-electron chi connectivity index (χ0n) is 9.63. The molecular formula is C11H14O6. The fourth-order valence-corrected chi connectivity index (χ4v) is 1.17. The summed E-state index contributed by atoms with van der Waals surface area (Å²) in [6.45, 7) is 0.434. The van der Waals surface area contributed by atoms with Crippen molar-refractivity contribution < 1.29 is 29.1 Å². The van der Waals surface area contributed by atoms with E-state index in [1.807, 2.05) is 0 Å². The van der Waals surface area contributed by atoms with E-state index in [1.165, 1.54) is 26.4 Å². The molecule has 0 bridgehead atoms. The summed E-state index contributed by atoms with van der Waals surface area (Å²) in [5, 5.41) is 8.67. The molecule has 0 unspecified atom stereocenters. The molecule has 17 heavy (non-hydrogen) atoms. The average molecular weight is 242 g/mol. The molecular weight excluding hydrogens is 228 g/mol. The van der Waals surface area contributed by atoms with Crippen LogP contribution in [-0.2, 0) is 9.47 Å². The maximum Gasteiger partial charge on any atom is 0.342 e. The number of benzene rings is 1. The van der Waals surface area contributed by atoms with Crippen LogP contribution in [0.4, 0.5) is 0 Å². The van der Waals surface area contributed by atoms with Gasteiger partial charge in [-0.1, -0.05) is 0 Å². The highest BCUT2D eigenvalue weighted by atomic mass is 17.1. The third-order valence-corrected chi connectivity index (χ3v) is 2.03. The van der Waals surface area contributed by atoms with E-state index in [9.17, 15) is 4.79 Å². The van der Waals surface area contributed by atoms with Crippen LogP contribution in [0.25, 0.3) is 0 Å². The summed E-state index contributed by atoms with van der Waals surface area (Å²) in [6, 6.07) is 4.39. The quantitative estimate of drug-likeness (QED) is 0.351. The molecule has 1 rings (SSSR count). The van der Waals surface area contributed by atoms with Crippen molar-refractivity contribution in [2.75, 3.05) is 27.4 Å². The van der Waals surface area contributed by atoms with E-state index in [0.717, 1.165) is 0 Å². The van der Waals surface area contributed by atoms with Crippen LogP contribution >= 0.6 is 0 Å². The molecule has 0 aliphatic rings. The lowest BCUT2D eigenvalue weighted by molar-refractivity contribution is -0.138. The Labute approximate surface area is 98.6 Å². The number of hydrogen-bond acceptors (Lipinski definition) is 6. The molecule has 0 aromatic heterocycles. The van der Waals surface area contributed by atoms with Crippen molar-refractivity contribution in [3.05, 3.63) is 23.8 Å². The maximum atomic E-state index is 11.6. The van der Waals surface area contributed by atoms with Crippen molar-refractivity contribution in [1.82, 2.24) is 0 Å². The first-order valence-corrected chi connectivity index (χ1v) is 4.88. The summed E-state index contributed by atoms with van der Waals surface area (Å²) >= 11 is 0. The lowest BCUT2D eigenvalue weighted by Crippen LogP contribution is -2.11. The van der Waals surface area contributed by atoms with Gasteiger partial charge >= 0.3 is 5.97 Å². The highest BCUT2D eigenvalue weighted by Crippen LogP contribution is 2.24. The summed E-state index contributed by atoms with van der Waals surface area (Å²) in [7, 11) is 2.97. The molecule has 94 valence electrons. The molecule has 0 saturated carbocycles. The summed E-state index contributed by atoms with van der Waals surface area (Å²) in [5.74, 6) is -0.164. The van der Waals surface area contributed by atoms with E-state index in [4.69, 9.17) is 19.5 Å². The Bertz CT molecular complexity index is 376. The van der Waals surface area contributed by atoms with Crippen LogP contribution in [0.2, 0.25) is 0 Å². The van der Waals surface area contributed by atoms with Crippen LogP contribution in [-0.4, -0.2) is 38.7 Å². The molecule has 0 atom stereocenters. The van der Waals surface area contributed by atoms with Crippen LogP contribution in [0.15, 0.2) is 18.2 Å². The third-order valence-electron chi connectivity index (χ3n) is 2.03. The zero-order valence-corrected chi connectivity index (χ0v) is 9.63. The van der Waals surface area contributed by atoms with E-state index >= 15 is 0 Å². The van der Waals surface area contributed by atoms with Crippen LogP contribution < -0.4 is 9.62 Å². The van der Waals surface area contributed by atoms with Gasteiger partial charge in [0.1, 0.15) is 17.9 Å². The molecule has 0 saturated heterocycles. The molecule has 1 aromatic carbocycles. The number of carbonyl (C=O) groups is 1. The van der Waals surface area contributed by atoms with Crippen LogP contribution in [0, 0.1) is 0 Å².